The van der Waals surface area contributed by atoms with Gasteiger partial charge in [-0.3, -0.25) is 0 Å². The summed E-state index contributed by atoms with van der Waals surface area (Å²) in [5, 5.41) is 5.72. The second kappa shape index (κ2) is 6.38. The number of nitrogens with one attached hydrogen (secondary N) is 1. The molecule has 0 aromatic carbocycles. The number of rotatable bonds is 6. The first-order valence-corrected chi connectivity index (χ1v) is 6.68. The lowest BCUT2D eigenvalue weighted by Crippen LogP contribution is -2.24. The van der Waals surface area contributed by atoms with Crippen LogP contribution in [-0.2, 0) is 0 Å². The van der Waals surface area contributed by atoms with E-state index in [2.05, 4.69) is 10.3 Å². The lowest BCUT2D eigenvalue weighted by Gasteiger charge is -2.17. The van der Waals surface area contributed by atoms with E-state index < -0.39 is 12.6 Å². The van der Waals surface area contributed by atoms with E-state index in [4.69, 9.17) is 0 Å². The quantitative estimate of drug-likeness (QED) is 0.868. The maximum atomic E-state index is 12.1. The van der Waals surface area contributed by atoms with Crippen LogP contribution in [0.4, 0.5) is 18.3 Å². The lowest BCUT2D eigenvalue weighted by molar-refractivity contribution is -0.132. The third-order valence-corrected chi connectivity index (χ3v) is 3.49. The molecule has 0 saturated carbocycles. The van der Waals surface area contributed by atoms with Crippen LogP contribution in [0.1, 0.15) is 32.0 Å². The number of anilines is 1. The van der Waals surface area contributed by atoms with Gasteiger partial charge in [0.2, 0.25) is 0 Å². The maximum Gasteiger partial charge on any atom is 0.390 e. The van der Waals surface area contributed by atoms with Crippen LogP contribution in [0, 0.1) is 0 Å². The largest absolute Gasteiger partial charge is 0.390 e. The van der Waals surface area contributed by atoms with Gasteiger partial charge in [0.25, 0.3) is 0 Å². The summed E-state index contributed by atoms with van der Waals surface area (Å²) in [6, 6.07) is 0.121. The third kappa shape index (κ3) is 4.81. The molecule has 1 aromatic heterocycles. The van der Waals surface area contributed by atoms with Crippen molar-refractivity contribution in [2.75, 3.05) is 25.0 Å². The predicted octanol–water partition coefficient (Wildman–Crippen LogP) is 3.20. The molecule has 0 spiro atoms. The first kappa shape index (κ1) is 15.2. The van der Waals surface area contributed by atoms with Gasteiger partial charge in [-0.2, -0.15) is 13.2 Å². The van der Waals surface area contributed by atoms with E-state index in [1.807, 2.05) is 19.2 Å². The Morgan fingerprint density at radius 3 is 2.72 bits per heavy atom. The Kier molecular flexibility index (Phi) is 5.40. The van der Waals surface area contributed by atoms with Gasteiger partial charge in [0.05, 0.1) is 12.1 Å². The van der Waals surface area contributed by atoms with Crippen LogP contribution in [0.3, 0.4) is 0 Å². The minimum absolute atomic E-state index is 0.0635. The summed E-state index contributed by atoms with van der Waals surface area (Å²) in [6.45, 7) is 4.75. The number of hydrogen-bond donors (Lipinski definition) is 1. The van der Waals surface area contributed by atoms with Gasteiger partial charge in [0, 0.05) is 25.0 Å². The van der Waals surface area contributed by atoms with Crippen molar-refractivity contribution in [1.29, 1.82) is 0 Å². The number of thiazole rings is 1. The fourth-order valence-electron chi connectivity index (χ4n) is 1.45. The number of nitrogens with zero attached hydrogens (tertiary/aromatic N) is 2. The van der Waals surface area contributed by atoms with Gasteiger partial charge >= 0.3 is 6.18 Å². The Morgan fingerprint density at radius 2 is 2.17 bits per heavy atom. The second-order valence-electron chi connectivity index (χ2n) is 4.12. The van der Waals surface area contributed by atoms with Crippen LogP contribution in [-0.4, -0.2) is 31.3 Å². The minimum atomic E-state index is -4.12. The summed E-state index contributed by atoms with van der Waals surface area (Å²) < 4.78 is 36.3. The second-order valence-corrected chi connectivity index (χ2v) is 4.96. The van der Waals surface area contributed by atoms with Crippen molar-refractivity contribution in [1.82, 2.24) is 10.3 Å². The number of aromatic nitrogens is 1. The summed E-state index contributed by atoms with van der Waals surface area (Å²) in [7, 11) is 1.63. The first-order chi connectivity index (χ1) is 8.33. The fourth-order valence-corrected chi connectivity index (χ4v) is 2.36. The highest BCUT2D eigenvalue weighted by atomic mass is 32.1. The molecule has 0 aliphatic heterocycles. The zero-order valence-corrected chi connectivity index (χ0v) is 11.5. The molecule has 1 rings (SSSR count). The molecule has 0 fully saturated rings. The molecule has 1 atom stereocenters. The summed E-state index contributed by atoms with van der Waals surface area (Å²) in [4.78, 5) is 5.89. The smallest absolute Gasteiger partial charge is 0.351 e. The topological polar surface area (TPSA) is 28.2 Å². The van der Waals surface area contributed by atoms with Crippen LogP contribution < -0.4 is 10.2 Å². The molecule has 0 aliphatic carbocycles. The van der Waals surface area contributed by atoms with Gasteiger partial charge in [-0.1, -0.05) is 6.92 Å². The van der Waals surface area contributed by atoms with E-state index in [1.54, 1.807) is 11.9 Å². The zero-order valence-electron chi connectivity index (χ0n) is 10.7. The van der Waals surface area contributed by atoms with E-state index in [9.17, 15) is 13.2 Å². The van der Waals surface area contributed by atoms with E-state index >= 15 is 0 Å². The number of halogens is 3. The van der Waals surface area contributed by atoms with Gasteiger partial charge in [0.15, 0.2) is 5.13 Å². The molecule has 1 N–H and O–H groups in total. The average molecular weight is 281 g/mol. The molecule has 1 heterocycles. The highest BCUT2D eigenvalue weighted by Gasteiger charge is 2.27. The summed E-state index contributed by atoms with van der Waals surface area (Å²) in [5.41, 5.74) is 0.871. The van der Waals surface area contributed by atoms with E-state index in [0.29, 0.717) is 5.13 Å². The van der Waals surface area contributed by atoms with Crippen LogP contribution in [0.2, 0.25) is 0 Å². The van der Waals surface area contributed by atoms with Crippen LogP contribution in [0.25, 0.3) is 0 Å². The van der Waals surface area contributed by atoms with Crippen LogP contribution >= 0.6 is 11.3 Å². The molecule has 0 radical (unpaired) electrons. The van der Waals surface area contributed by atoms with Gasteiger partial charge in [0.1, 0.15) is 0 Å². The molecule has 0 amide bonds. The zero-order chi connectivity index (χ0) is 13.8. The molecule has 0 aliphatic rings. The molecule has 1 unspecified atom stereocenters. The highest BCUT2D eigenvalue weighted by Crippen LogP contribution is 2.25. The molecule has 7 heteroatoms. The summed E-state index contributed by atoms with van der Waals surface area (Å²) in [5.74, 6) is 0. The molecular formula is C11H18F3N3S. The Morgan fingerprint density at radius 1 is 1.50 bits per heavy atom. The Bertz CT molecular complexity index is 365. The highest BCUT2D eigenvalue weighted by molar-refractivity contribution is 7.13. The standard InChI is InChI=1S/C11H18F3N3S/c1-4-15-8(2)9-7-18-10(16-9)17(3)6-5-11(12,13)14/h7-8,15H,4-6H2,1-3H3. The van der Waals surface area contributed by atoms with Crippen molar-refractivity contribution in [3.63, 3.8) is 0 Å². The molecule has 104 valence electrons. The lowest BCUT2D eigenvalue weighted by atomic mass is 10.3. The maximum absolute atomic E-state index is 12.1. The Labute approximate surface area is 109 Å². The molecule has 3 nitrogen and oxygen atoms in total. The number of hydrogen-bond acceptors (Lipinski definition) is 4. The molecular weight excluding hydrogens is 263 g/mol. The van der Waals surface area contributed by atoms with E-state index in [0.717, 1.165) is 12.2 Å². The van der Waals surface area contributed by atoms with E-state index in [-0.39, 0.29) is 12.6 Å². The molecule has 18 heavy (non-hydrogen) atoms. The normalized spacial score (nSPS) is 13.7. The van der Waals surface area contributed by atoms with Crippen molar-refractivity contribution in [3.05, 3.63) is 11.1 Å². The van der Waals surface area contributed by atoms with Gasteiger partial charge in [-0.05, 0) is 13.5 Å². The SMILES string of the molecule is CCNC(C)c1csc(N(C)CCC(F)(F)F)n1. The Balaban J connectivity index is 2.56. The van der Waals surface area contributed by atoms with E-state index in [1.165, 1.54) is 11.3 Å². The van der Waals surface area contributed by atoms with Crippen LogP contribution in [0.15, 0.2) is 5.38 Å². The van der Waals surface area contributed by atoms with Crippen LogP contribution in [0.5, 0.6) is 0 Å². The molecule has 0 bridgehead atoms. The molecule has 1 aromatic rings. The summed E-state index contributed by atoms with van der Waals surface area (Å²) in [6.07, 6.45) is -4.94. The average Bonchev–Trinajstić information content (AvgIpc) is 2.74. The van der Waals surface area contributed by atoms with Crippen molar-refractivity contribution in [3.8, 4) is 0 Å². The molecule has 0 saturated heterocycles. The minimum Gasteiger partial charge on any atom is -0.351 e. The Hall–Kier alpha value is -0.820. The third-order valence-electron chi connectivity index (χ3n) is 2.52. The number of alkyl halides is 3. The summed E-state index contributed by atoms with van der Waals surface area (Å²) >= 11 is 1.37. The van der Waals surface area contributed by atoms with Gasteiger partial charge < -0.3 is 10.2 Å². The van der Waals surface area contributed by atoms with Crippen molar-refractivity contribution < 1.29 is 13.2 Å². The first-order valence-electron chi connectivity index (χ1n) is 5.80. The van der Waals surface area contributed by atoms with Crippen molar-refractivity contribution in [2.45, 2.75) is 32.5 Å². The predicted molar refractivity (Wildman–Crippen MR) is 68.1 cm³/mol. The van der Waals surface area contributed by atoms with Gasteiger partial charge in [-0.25, -0.2) is 4.98 Å². The fraction of sp³-hybridized carbons (Fsp3) is 0.727. The van der Waals surface area contributed by atoms with Gasteiger partial charge in [-0.15, -0.1) is 11.3 Å². The van der Waals surface area contributed by atoms with Crippen molar-refractivity contribution >= 4 is 16.5 Å². The van der Waals surface area contributed by atoms with Crippen molar-refractivity contribution in [2.24, 2.45) is 0 Å². The monoisotopic (exact) mass is 281 g/mol.